The fourth-order valence-electron chi connectivity index (χ4n) is 4.17. The fraction of sp³-hybridized carbons (Fsp3) is 0.400. The van der Waals surface area contributed by atoms with Crippen LogP contribution in [0.25, 0.3) is 5.65 Å². The maximum Gasteiger partial charge on any atom is 0.259 e. The number of rotatable bonds is 1. The lowest BCUT2D eigenvalue weighted by Crippen LogP contribution is -2.45. The number of aromatic nitrogens is 4. The van der Waals surface area contributed by atoms with Gasteiger partial charge in [-0.3, -0.25) is 4.79 Å². The Balaban J connectivity index is 1.57. The van der Waals surface area contributed by atoms with Gasteiger partial charge < -0.3 is 19.7 Å². The first-order chi connectivity index (χ1) is 14.6. The second-order valence-corrected chi connectivity index (χ2v) is 7.95. The molecule has 3 aromatic rings. The maximum atomic E-state index is 14.1. The zero-order valence-corrected chi connectivity index (χ0v) is 16.2. The van der Waals surface area contributed by atoms with Crippen molar-refractivity contribution in [1.82, 2.24) is 24.9 Å². The van der Waals surface area contributed by atoms with E-state index in [2.05, 4.69) is 20.3 Å². The van der Waals surface area contributed by atoms with Crippen molar-refractivity contribution >= 4 is 17.4 Å². The molecule has 10 heteroatoms. The molecule has 1 unspecified atom stereocenters. The van der Waals surface area contributed by atoms with E-state index in [4.69, 9.17) is 14.5 Å². The number of nitrogens with zero attached hydrogens (tertiary/aromatic N) is 5. The predicted octanol–water partition coefficient (Wildman–Crippen LogP) is 1.91. The van der Waals surface area contributed by atoms with Crippen LogP contribution in [0.5, 0.6) is 11.6 Å². The molecule has 2 atom stereocenters. The van der Waals surface area contributed by atoms with Crippen molar-refractivity contribution in [2.45, 2.75) is 38.6 Å². The lowest BCUT2D eigenvalue weighted by Gasteiger charge is -2.38. The van der Waals surface area contributed by atoms with Crippen LogP contribution in [0.1, 0.15) is 35.7 Å². The summed E-state index contributed by atoms with van der Waals surface area (Å²) >= 11 is 0. The summed E-state index contributed by atoms with van der Waals surface area (Å²) in [5, 5.41) is 7.02. The number of pyridine rings is 1. The van der Waals surface area contributed by atoms with Crippen LogP contribution in [-0.4, -0.2) is 44.4 Å². The first kappa shape index (κ1) is 17.4. The number of fused-ring (bicyclic) bond motifs is 1. The minimum Gasteiger partial charge on any atom is -0.486 e. The van der Waals surface area contributed by atoms with E-state index in [1.807, 2.05) is 0 Å². The molecule has 30 heavy (non-hydrogen) atoms. The highest BCUT2D eigenvalue weighted by Crippen LogP contribution is 2.43. The molecule has 0 radical (unpaired) electrons. The number of amides is 1. The van der Waals surface area contributed by atoms with Crippen molar-refractivity contribution < 1.29 is 18.7 Å². The average Bonchev–Trinajstić information content (AvgIpc) is 3.47. The van der Waals surface area contributed by atoms with E-state index < -0.39 is 12.0 Å². The number of carbonyl (C=O) groups excluding carboxylic acids is 1. The first-order valence-corrected chi connectivity index (χ1v) is 9.96. The van der Waals surface area contributed by atoms with Gasteiger partial charge in [-0.2, -0.15) is 5.10 Å². The molecule has 1 aliphatic carbocycles. The Morgan fingerprint density at radius 1 is 1.30 bits per heavy atom. The second-order valence-electron chi connectivity index (χ2n) is 7.95. The summed E-state index contributed by atoms with van der Waals surface area (Å²) in [6, 6.07) is 1.52. The smallest absolute Gasteiger partial charge is 0.259 e. The Morgan fingerprint density at radius 3 is 3.00 bits per heavy atom. The molecule has 3 aliphatic rings. The molecule has 5 heterocycles. The average molecular weight is 410 g/mol. The maximum absolute atomic E-state index is 14.1. The Morgan fingerprint density at radius 2 is 2.17 bits per heavy atom. The number of nitrogens with one attached hydrogen (secondary N) is 1. The van der Waals surface area contributed by atoms with Gasteiger partial charge in [0.25, 0.3) is 5.91 Å². The van der Waals surface area contributed by atoms with Crippen LogP contribution in [0.15, 0.2) is 24.7 Å². The lowest BCUT2D eigenvalue weighted by molar-refractivity contribution is 0.0845. The van der Waals surface area contributed by atoms with Crippen LogP contribution >= 0.6 is 0 Å². The minimum absolute atomic E-state index is 0.101. The second kappa shape index (κ2) is 6.28. The molecule has 0 spiro atoms. The molecule has 0 aromatic carbocycles. The van der Waals surface area contributed by atoms with Crippen LogP contribution in [0, 0.1) is 11.7 Å². The summed E-state index contributed by atoms with van der Waals surface area (Å²) in [5.74, 6) is 1.15. The molecule has 1 fully saturated rings. The highest BCUT2D eigenvalue weighted by atomic mass is 19.1. The topological polar surface area (TPSA) is 93.9 Å². The van der Waals surface area contributed by atoms with Crippen molar-refractivity contribution in [3.63, 3.8) is 0 Å². The zero-order chi connectivity index (χ0) is 20.4. The lowest BCUT2D eigenvalue weighted by atomic mass is 10.1. The molecule has 1 saturated carbocycles. The fourth-order valence-corrected chi connectivity index (χ4v) is 4.17. The summed E-state index contributed by atoms with van der Waals surface area (Å²) in [6.45, 7) is 2.57. The van der Waals surface area contributed by atoms with Gasteiger partial charge in [-0.15, -0.1) is 0 Å². The third-order valence-corrected chi connectivity index (χ3v) is 5.79. The van der Waals surface area contributed by atoms with Crippen LogP contribution in [0.4, 0.5) is 10.2 Å². The molecule has 154 valence electrons. The number of hydrogen-bond acceptors (Lipinski definition) is 7. The van der Waals surface area contributed by atoms with Gasteiger partial charge in [0.2, 0.25) is 5.88 Å². The van der Waals surface area contributed by atoms with Gasteiger partial charge in [0.1, 0.15) is 18.0 Å². The Labute approximate surface area is 170 Å². The Hall–Kier alpha value is -3.43. The van der Waals surface area contributed by atoms with Crippen molar-refractivity contribution in [2.24, 2.45) is 5.92 Å². The first-order valence-electron chi connectivity index (χ1n) is 9.96. The van der Waals surface area contributed by atoms with E-state index in [-0.39, 0.29) is 17.8 Å². The largest absolute Gasteiger partial charge is 0.486 e. The number of hydrogen-bond donors (Lipinski definition) is 1. The minimum atomic E-state index is -0.675. The normalized spacial score (nSPS) is 23.1. The standard InChI is InChI=1S/C20H19FN6O3/c1-10-24-19(28)14-6-23-27-8-16-18(25-17(14)27)26(15(9-29-16)11-2-3-11)7-12-4-13(21)5-22-20(12)30-10/h4-6,8,10-11,15H,2-3,7,9H2,1H3,(H,24,28)/t10-,15?/m0/s1. The van der Waals surface area contributed by atoms with E-state index in [9.17, 15) is 9.18 Å². The van der Waals surface area contributed by atoms with E-state index >= 15 is 0 Å². The summed E-state index contributed by atoms with van der Waals surface area (Å²) in [6.07, 6.45) is 5.88. The molecule has 2 aliphatic heterocycles. The van der Waals surface area contributed by atoms with Gasteiger partial charge in [0.05, 0.1) is 31.2 Å². The van der Waals surface area contributed by atoms with E-state index in [1.165, 1.54) is 16.8 Å². The van der Waals surface area contributed by atoms with E-state index in [0.717, 1.165) is 19.0 Å². The van der Waals surface area contributed by atoms with Crippen molar-refractivity contribution in [3.05, 3.63) is 41.6 Å². The van der Waals surface area contributed by atoms with Gasteiger partial charge in [-0.25, -0.2) is 18.9 Å². The van der Waals surface area contributed by atoms with Crippen LogP contribution < -0.4 is 19.7 Å². The highest BCUT2D eigenvalue weighted by molar-refractivity contribution is 6.00. The summed E-state index contributed by atoms with van der Waals surface area (Å²) < 4.78 is 27.5. The summed E-state index contributed by atoms with van der Waals surface area (Å²) in [7, 11) is 0. The number of carbonyl (C=O) groups is 1. The molecular formula is C20H19FN6O3. The van der Waals surface area contributed by atoms with E-state index in [1.54, 1.807) is 13.1 Å². The van der Waals surface area contributed by atoms with Crippen molar-refractivity contribution in [2.75, 3.05) is 11.5 Å². The predicted molar refractivity (Wildman–Crippen MR) is 103 cm³/mol. The highest BCUT2D eigenvalue weighted by Gasteiger charge is 2.41. The Bertz CT molecular complexity index is 1180. The summed E-state index contributed by atoms with van der Waals surface area (Å²) in [5.41, 5.74) is 1.36. The van der Waals surface area contributed by atoms with Crippen LogP contribution in [-0.2, 0) is 6.54 Å². The van der Waals surface area contributed by atoms with E-state index in [0.29, 0.717) is 47.4 Å². The van der Waals surface area contributed by atoms with Crippen molar-refractivity contribution in [3.8, 4) is 11.6 Å². The monoisotopic (exact) mass is 410 g/mol. The third-order valence-electron chi connectivity index (χ3n) is 5.79. The van der Waals surface area contributed by atoms with Gasteiger partial charge >= 0.3 is 0 Å². The number of ether oxygens (including phenoxy) is 2. The SMILES string of the molecule is C[C@H]1NC(=O)c2cnn3cc4c(nc23)N(Cc2cc(F)cnc2O1)C(C1CC1)CO4. The number of halogens is 1. The van der Waals surface area contributed by atoms with Gasteiger partial charge in [-0.1, -0.05) is 0 Å². The van der Waals surface area contributed by atoms with Gasteiger partial charge in [0, 0.05) is 5.56 Å². The van der Waals surface area contributed by atoms with Crippen LogP contribution in [0.2, 0.25) is 0 Å². The molecule has 0 saturated heterocycles. The molecule has 2 bridgehead atoms. The molecular weight excluding hydrogens is 391 g/mol. The molecule has 6 rings (SSSR count). The summed E-state index contributed by atoms with van der Waals surface area (Å²) in [4.78, 5) is 23.8. The molecule has 3 aromatic heterocycles. The quantitative estimate of drug-likeness (QED) is 0.655. The molecule has 1 N–H and O–H groups in total. The third kappa shape index (κ3) is 2.74. The number of anilines is 1. The van der Waals surface area contributed by atoms with Crippen LogP contribution in [0.3, 0.4) is 0 Å². The molecule has 9 nitrogen and oxygen atoms in total. The van der Waals surface area contributed by atoms with Gasteiger partial charge in [-0.05, 0) is 31.7 Å². The van der Waals surface area contributed by atoms with Crippen molar-refractivity contribution in [1.29, 1.82) is 0 Å². The Kier molecular flexibility index (Phi) is 3.65. The zero-order valence-electron chi connectivity index (χ0n) is 16.2. The van der Waals surface area contributed by atoms with Gasteiger partial charge in [0.15, 0.2) is 23.4 Å². The molecule has 1 amide bonds.